The molecule has 0 aromatic carbocycles. The summed E-state index contributed by atoms with van der Waals surface area (Å²) in [5, 5.41) is 14.6. The van der Waals surface area contributed by atoms with Gasteiger partial charge in [0.05, 0.1) is 21.8 Å². The maximum atomic E-state index is 13.1. The van der Waals surface area contributed by atoms with Crippen molar-refractivity contribution in [2.24, 2.45) is 5.14 Å². The van der Waals surface area contributed by atoms with E-state index in [1.54, 1.807) is 0 Å². The summed E-state index contributed by atoms with van der Waals surface area (Å²) in [6, 6.07) is 1.09. The highest BCUT2D eigenvalue weighted by Gasteiger charge is 2.26. The Balaban J connectivity index is 3.11. The molecule has 3 N–H and O–H groups in total. The minimum Gasteiger partial charge on any atom is -0.592 e. The van der Waals surface area contributed by atoms with Gasteiger partial charge in [0.25, 0.3) is 0 Å². The Morgan fingerprint density at radius 2 is 2.23 bits per heavy atom. The normalized spacial score (nSPS) is 14.6. The van der Waals surface area contributed by atoms with Crippen LogP contribution in [0.1, 0.15) is 18.7 Å². The van der Waals surface area contributed by atoms with Crippen molar-refractivity contribution in [1.82, 2.24) is 0 Å². The maximum Gasteiger partial charge on any atom is 0.230 e. The molecule has 0 aliphatic heterocycles. The zero-order valence-corrected chi connectivity index (χ0v) is 8.84. The summed E-state index contributed by atoms with van der Waals surface area (Å²) in [6.07, 6.45) is 0. The molecule has 0 saturated carbocycles. The lowest BCUT2D eigenvalue weighted by Crippen LogP contribution is -2.14. The van der Waals surface area contributed by atoms with E-state index in [9.17, 15) is 14.0 Å². The van der Waals surface area contributed by atoms with Crippen LogP contribution in [0.2, 0.25) is 0 Å². The SMILES string of the molecule is CC(C)(O)c1sc([S+](N)[O-])cc1F. The Morgan fingerprint density at radius 1 is 1.69 bits per heavy atom. The molecule has 6 heteroatoms. The van der Waals surface area contributed by atoms with E-state index in [4.69, 9.17) is 5.14 Å². The van der Waals surface area contributed by atoms with Crippen molar-refractivity contribution in [3.8, 4) is 0 Å². The van der Waals surface area contributed by atoms with Crippen molar-refractivity contribution in [3.05, 3.63) is 16.8 Å². The monoisotopic (exact) mass is 223 g/mol. The molecule has 1 unspecified atom stereocenters. The quantitative estimate of drug-likeness (QED) is 0.737. The van der Waals surface area contributed by atoms with Gasteiger partial charge in [0.1, 0.15) is 5.82 Å². The molecule has 13 heavy (non-hydrogen) atoms. The summed E-state index contributed by atoms with van der Waals surface area (Å²) in [4.78, 5) is 0.154. The van der Waals surface area contributed by atoms with Gasteiger partial charge in [0.15, 0.2) is 0 Å². The van der Waals surface area contributed by atoms with Crippen molar-refractivity contribution in [1.29, 1.82) is 0 Å². The lowest BCUT2D eigenvalue weighted by molar-refractivity contribution is 0.0789. The van der Waals surface area contributed by atoms with Crippen LogP contribution in [0.25, 0.3) is 0 Å². The molecule has 0 spiro atoms. The van der Waals surface area contributed by atoms with Crippen LogP contribution in [0.3, 0.4) is 0 Å². The Kier molecular flexibility index (Phi) is 2.98. The van der Waals surface area contributed by atoms with E-state index in [-0.39, 0.29) is 9.09 Å². The molecule has 1 aromatic heterocycles. The lowest BCUT2D eigenvalue weighted by Gasteiger charge is -2.14. The van der Waals surface area contributed by atoms with Crippen molar-refractivity contribution in [2.45, 2.75) is 23.7 Å². The molecule has 0 radical (unpaired) electrons. The van der Waals surface area contributed by atoms with Gasteiger partial charge in [-0.1, -0.05) is 11.3 Å². The summed E-state index contributed by atoms with van der Waals surface area (Å²) in [5.41, 5.74) is -1.26. The van der Waals surface area contributed by atoms with Crippen molar-refractivity contribution in [3.63, 3.8) is 0 Å². The van der Waals surface area contributed by atoms with Gasteiger partial charge >= 0.3 is 0 Å². The van der Waals surface area contributed by atoms with E-state index in [1.165, 1.54) is 13.8 Å². The van der Waals surface area contributed by atoms with Gasteiger partial charge in [-0.25, -0.2) is 4.39 Å². The molecule has 1 aromatic rings. The van der Waals surface area contributed by atoms with Crippen LogP contribution in [0.15, 0.2) is 10.3 Å². The fraction of sp³-hybridized carbons (Fsp3) is 0.429. The summed E-state index contributed by atoms with van der Waals surface area (Å²) in [6.45, 7) is 2.93. The molecule has 1 atom stereocenters. The average molecular weight is 223 g/mol. The Morgan fingerprint density at radius 3 is 2.46 bits per heavy atom. The fourth-order valence-corrected chi connectivity index (χ4v) is 2.43. The van der Waals surface area contributed by atoms with Crippen LogP contribution >= 0.6 is 11.3 Å². The average Bonchev–Trinajstić information content (AvgIpc) is 2.29. The highest BCUT2D eigenvalue weighted by atomic mass is 32.2. The smallest absolute Gasteiger partial charge is 0.230 e. The minimum absolute atomic E-state index is 0.154. The van der Waals surface area contributed by atoms with Gasteiger partial charge in [0, 0.05) is 6.07 Å². The number of rotatable bonds is 2. The summed E-state index contributed by atoms with van der Waals surface area (Å²) in [7, 11) is 0. The Hall–Kier alpha value is -0.140. The molecular formula is C7H10FNO2S2. The molecule has 3 nitrogen and oxygen atoms in total. The molecule has 1 heterocycles. The van der Waals surface area contributed by atoms with E-state index in [0.29, 0.717) is 0 Å². The predicted octanol–water partition coefficient (Wildman–Crippen LogP) is 1.10. The highest BCUT2D eigenvalue weighted by molar-refractivity contribution is 7.91. The summed E-state index contributed by atoms with van der Waals surface area (Å²) < 4.78 is 24.1. The lowest BCUT2D eigenvalue weighted by atomic mass is 10.1. The molecule has 1 rings (SSSR count). The number of hydrogen-bond acceptors (Lipinski definition) is 4. The first kappa shape index (κ1) is 10.9. The van der Waals surface area contributed by atoms with E-state index in [0.717, 1.165) is 17.4 Å². The standard InChI is InChI=1S/C7H10FNO2S2/c1-7(2,10)6-4(8)3-5(12-6)13(9)11/h3,10H,9H2,1-2H3. The summed E-state index contributed by atoms with van der Waals surface area (Å²) >= 11 is -0.761. The Bertz CT molecular complexity index is 306. The fourth-order valence-electron chi connectivity index (χ4n) is 0.864. The number of nitrogens with two attached hydrogens (primary N) is 1. The summed E-state index contributed by atoms with van der Waals surface area (Å²) in [5.74, 6) is -0.564. The molecule has 0 bridgehead atoms. The molecule has 74 valence electrons. The van der Waals surface area contributed by atoms with Gasteiger partial charge in [-0.2, -0.15) is 0 Å². The molecule has 0 fully saturated rings. The first-order chi connectivity index (χ1) is 5.82. The second-order valence-electron chi connectivity index (χ2n) is 3.10. The van der Waals surface area contributed by atoms with E-state index in [1.807, 2.05) is 0 Å². The van der Waals surface area contributed by atoms with E-state index < -0.39 is 22.8 Å². The third-order valence-electron chi connectivity index (χ3n) is 1.42. The van der Waals surface area contributed by atoms with Gasteiger partial charge in [-0.3, -0.25) is 0 Å². The van der Waals surface area contributed by atoms with Crippen LogP contribution in [0.4, 0.5) is 4.39 Å². The number of thiophene rings is 1. The molecule has 0 aliphatic carbocycles. The topological polar surface area (TPSA) is 69.3 Å². The van der Waals surface area contributed by atoms with Crippen LogP contribution in [-0.4, -0.2) is 9.66 Å². The molecule has 0 saturated heterocycles. The van der Waals surface area contributed by atoms with Gasteiger partial charge in [-0.05, 0) is 13.8 Å². The first-order valence-corrected chi connectivity index (χ1v) is 5.53. The third-order valence-corrected chi connectivity index (χ3v) is 3.89. The second-order valence-corrected chi connectivity index (χ2v) is 5.44. The number of halogens is 1. The third kappa shape index (κ3) is 2.41. The van der Waals surface area contributed by atoms with Crippen molar-refractivity contribution >= 4 is 22.7 Å². The van der Waals surface area contributed by atoms with E-state index in [2.05, 4.69) is 0 Å². The van der Waals surface area contributed by atoms with Crippen LogP contribution in [0, 0.1) is 5.82 Å². The Labute approximate surface area is 82.7 Å². The first-order valence-electron chi connectivity index (χ1n) is 3.50. The molecule has 0 aliphatic rings. The van der Waals surface area contributed by atoms with Crippen molar-refractivity contribution < 1.29 is 14.0 Å². The van der Waals surface area contributed by atoms with Crippen molar-refractivity contribution in [2.75, 3.05) is 0 Å². The van der Waals surface area contributed by atoms with Crippen LogP contribution in [-0.2, 0) is 17.0 Å². The van der Waals surface area contributed by atoms with Gasteiger partial charge < -0.3 is 9.66 Å². The van der Waals surface area contributed by atoms with E-state index >= 15 is 0 Å². The van der Waals surface area contributed by atoms with Crippen LogP contribution in [0.5, 0.6) is 0 Å². The predicted molar refractivity (Wildman–Crippen MR) is 50.1 cm³/mol. The maximum absolute atomic E-state index is 13.1. The van der Waals surface area contributed by atoms with Gasteiger partial charge in [-0.15, -0.1) is 5.14 Å². The zero-order chi connectivity index (χ0) is 10.2. The van der Waals surface area contributed by atoms with Gasteiger partial charge in [0.2, 0.25) is 4.21 Å². The molecule has 0 amide bonds. The number of hydrogen-bond donors (Lipinski definition) is 2. The minimum atomic E-state index is -1.69. The van der Waals surface area contributed by atoms with Crippen LogP contribution < -0.4 is 5.14 Å². The molecular weight excluding hydrogens is 213 g/mol. The second kappa shape index (κ2) is 3.55. The number of aliphatic hydroxyl groups is 1. The highest BCUT2D eigenvalue weighted by Crippen LogP contribution is 2.32. The largest absolute Gasteiger partial charge is 0.592 e. The zero-order valence-electron chi connectivity index (χ0n) is 7.20.